The summed E-state index contributed by atoms with van der Waals surface area (Å²) in [5.74, 6) is 0. The molecule has 15 heavy (non-hydrogen) atoms. The molecule has 0 aromatic heterocycles. The summed E-state index contributed by atoms with van der Waals surface area (Å²) in [6, 6.07) is 8.72. The molecule has 3 heteroatoms. The third-order valence-corrected chi connectivity index (χ3v) is 2.96. The molecular weight excluding hydrogens is 186 g/mol. The van der Waals surface area contributed by atoms with Gasteiger partial charge < -0.3 is 0 Å². The van der Waals surface area contributed by atoms with Crippen molar-refractivity contribution in [2.45, 2.75) is 12.6 Å². The summed E-state index contributed by atoms with van der Waals surface area (Å²) in [6.07, 6.45) is 4.03. The van der Waals surface area contributed by atoms with Crippen molar-refractivity contribution < 1.29 is 0 Å². The molecular formula is C12H13N3. The summed E-state index contributed by atoms with van der Waals surface area (Å²) in [7, 11) is 0. The third-order valence-electron chi connectivity index (χ3n) is 2.96. The number of aliphatic imine (C=N–C) groups is 2. The predicted octanol–water partition coefficient (Wildman–Crippen LogP) is 1.66. The Labute approximate surface area is 89.2 Å². The third kappa shape index (κ3) is 1.59. The Hall–Kier alpha value is -1.48. The van der Waals surface area contributed by atoms with Gasteiger partial charge in [0.15, 0.2) is 0 Å². The van der Waals surface area contributed by atoms with Gasteiger partial charge >= 0.3 is 0 Å². The smallest absolute Gasteiger partial charge is 0.0671 e. The summed E-state index contributed by atoms with van der Waals surface area (Å²) in [4.78, 5) is 11.2. The van der Waals surface area contributed by atoms with Crippen molar-refractivity contribution in [3.8, 4) is 0 Å². The molecule has 0 radical (unpaired) electrons. The van der Waals surface area contributed by atoms with Crippen molar-refractivity contribution in [1.29, 1.82) is 0 Å². The Bertz CT molecular complexity index is 423. The van der Waals surface area contributed by atoms with E-state index >= 15 is 0 Å². The number of nitrogens with zero attached hydrogens (tertiary/aromatic N) is 3. The van der Waals surface area contributed by atoms with E-state index in [9.17, 15) is 0 Å². The maximum absolute atomic E-state index is 4.53. The van der Waals surface area contributed by atoms with E-state index in [1.165, 1.54) is 5.56 Å². The van der Waals surface area contributed by atoms with Gasteiger partial charge in [0.2, 0.25) is 0 Å². The maximum atomic E-state index is 4.53. The van der Waals surface area contributed by atoms with Gasteiger partial charge in [-0.2, -0.15) is 0 Å². The first-order valence-electron chi connectivity index (χ1n) is 5.28. The van der Waals surface area contributed by atoms with Crippen molar-refractivity contribution in [1.82, 2.24) is 4.90 Å². The van der Waals surface area contributed by atoms with E-state index in [0.29, 0.717) is 6.04 Å². The van der Waals surface area contributed by atoms with Crippen LogP contribution in [0.2, 0.25) is 0 Å². The first-order chi connectivity index (χ1) is 7.43. The van der Waals surface area contributed by atoms with Crippen LogP contribution < -0.4 is 0 Å². The molecule has 1 unspecified atom stereocenters. The van der Waals surface area contributed by atoms with E-state index in [1.54, 1.807) is 0 Å². The zero-order valence-electron chi connectivity index (χ0n) is 8.50. The number of hydrogen-bond acceptors (Lipinski definition) is 3. The average molecular weight is 199 g/mol. The standard InChI is InChI=1S/C12H13N3/c1-2-4-12-10(3-1)9-15-6-5-13-7-11(15)8-14-12/h1-5,8,11H,6-7,9H2. The lowest BCUT2D eigenvalue weighted by Gasteiger charge is -2.28. The lowest BCUT2D eigenvalue weighted by Crippen LogP contribution is -2.41. The molecule has 3 rings (SSSR count). The zero-order valence-corrected chi connectivity index (χ0v) is 8.50. The fraction of sp³-hybridized carbons (Fsp3) is 0.333. The second-order valence-electron chi connectivity index (χ2n) is 3.95. The summed E-state index contributed by atoms with van der Waals surface area (Å²) >= 11 is 0. The lowest BCUT2D eigenvalue weighted by atomic mass is 10.1. The van der Waals surface area contributed by atoms with Crippen molar-refractivity contribution in [2.24, 2.45) is 9.98 Å². The highest BCUT2D eigenvalue weighted by molar-refractivity contribution is 5.74. The highest BCUT2D eigenvalue weighted by atomic mass is 15.2. The van der Waals surface area contributed by atoms with E-state index in [-0.39, 0.29) is 0 Å². The lowest BCUT2D eigenvalue weighted by molar-refractivity contribution is 0.270. The van der Waals surface area contributed by atoms with Crippen LogP contribution >= 0.6 is 0 Å². The Morgan fingerprint density at radius 2 is 2.20 bits per heavy atom. The summed E-state index contributed by atoms with van der Waals surface area (Å²) in [6.45, 7) is 2.76. The zero-order chi connectivity index (χ0) is 10.1. The molecule has 2 aliphatic rings. The first-order valence-corrected chi connectivity index (χ1v) is 5.28. The predicted molar refractivity (Wildman–Crippen MR) is 62.2 cm³/mol. The summed E-state index contributed by atoms with van der Waals surface area (Å²) < 4.78 is 0. The fourth-order valence-corrected chi connectivity index (χ4v) is 2.07. The molecule has 0 amide bonds. The normalized spacial score (nSPS) is 24.4. The molecule has 1 aromatic carbocycles. The first kappa shape index (κ1) is 8.80. The quantitative estimate of drug-likeness (QED) is 0.624. The minimum atomic E-state index is 0.377. The number of rotatable bonds is 0. The van der Waals surface area contributed by atoms with Gasteiger partial charge in [-0.05, 0) is 11.6 Å². The number of fused-ring (bicyclic) bond motifs is 2. The van der Waals surface area contributed by atoms with Crippen molar-refractivity contribution in [3.63, 3.8) is 0 Å². The van der Waals surface area contributed by atoms with E-state index in [4.69, 9.17) is 0 Å². The SMILES string of the molecule is C1=NCC2C=Nc3ccccc3CN2C1. The second kappa shape index (κ2) is 3.59. The molecule has 0 bridgehead atoms. The molecule has 2 aliphatic heterocycles. The number of hydrogen-bond donors (Lipinski definition) is 0. The number of para-hydroxylation sites is 1. The molecule has 0 saturated carbocycles. The monoisotopic (exact) mass is 199 g/mol. The van der Waals surface area contributed by atoms with Crippen LogP contribution in [0.1, 0.15) is 5.56 Å². The molecule has 76 valence electrons. The Kier molecular flexibility index (Phi) is 2.10. The van der Waals surface area contributed by atoms with Gasteiger partial charge in [0.25, 0.3) is 0 Å². The Morgan fingerprint density at radius 1 is 1.27 bits per heavy atom. The minimum Gasteiger partial charge on any atom is -0.294 e. The van der Waals surface area contributed by atoms with Gasteiger partial charge in [-0.25, -0.2) is 0 Å². The van der Waals surface area contributed by atoms with E-state index < -0.39 is 0 Å². The molecule has 2 heterocycles. The van der Waals surface area contributed by atoms with Gasteiger partial charge in [0.1, 0.15) is 0 Å². The van der Waals surface area contributed by atoms with Crippen molar-refractivity contribution in [2.75, 3.05) is 13.1 Å². The fourth-order valence-electron chi connectivity index (χ4n) is 2.07. The topological polar surface area (TPSA) is 28.0 Å². The molecule has 3 nitrogen and oxygen atoms in total. The molecule has 0 N–H and O–H groups in total. The number of benzene rings is 1. The molecule has 0 aliphatic carbocycles. The molecule has 0 spiro atoms. The molecule has 1 aromatic rings. The van der Waals surface area contributed by atoms with Gasteiger partial charge in [-0.3, -0.25) is 14.9 Å². The molecule has 0 fully saturated rings. The molecule has 0 saturated heterocycles. The average Bonchev–Trinajstić information content (AvgIpc) is 2.48. The van der Waals surface area contributed by atoms with E-state index in [2.05, 4.69) is 33.1 Å². The maximum Gasteiger partial charge on any atom is 0.0671 e. The minimum absolute atomic E-state index is 0.377. The van der Waals surface area contributed by atoms with Gasteiger partial charge in [-0.15, -0.1) is 0 Å². The Balaban J connectivity index is 1.99. The van der Waals surface area contributed by atoms with Crippen LogP contribution in [0.4, 0.5) is 5.69 Å². The van der Waals surface area contributed by atoms with Crippen LogP contribution in [0, 0.1) is 0 Å². The highest BCUT2D eigenvalue weighted by Crippen LogP contribution is 2.24. The highest BCUT2D eigenvalue weighted by Gasteiger charge is 2.21. The molecule has 1 atom stereocenters. The van der Waals surface area contributed by atoms with Crippen molar-refractivity contribution in [3.05, 3.63) is 29.8 Å². The largest absolute Gasteiger partial charge is 0.294 e. The van der Waals surface area contributed by atoms with E-state index in [1.807, 2.05) is 18.5 Å². The van der Waals surface area contributed by atoms with Gasteiger partial charge in [-0.1, -0.05) is 18.2 Å². The van der Waals surface area contributed by atoms with Gasteiger partial charge in [0, 0.05) is 25.5 Å². The van der Waals surface area contributed by atoms with E-state index in [0.717, 1.165) is 25.3 Å². The Morgan fingerprint density at radius 3 is 3.20 bits per heavy atom. The van der Waals surface area contributed by atoms with Crippen LogP contribution in [-0.4, -0.2) is 36.5 Å². The second-order valence-corrected chi connectivity index (χ2v) is 3.95. The van der Waals surface area contributed by atoms with Crippen LogP contribution in [0.15, 0.2) is 34.3 Å². The van der Waals surface area contributed by atoms with Crippen LogP contribution in [0.25, 0.3) is 0 Å². The van der Waals surface area contributed by atoms with Crippen LogP contribution in [0.5, 0.6) is 0 Å². The van der Waals surface area contributed by atoms with Gasteiger partial charge in [0.05, 0.1) is 18.3 Å². The van der Waals surface area contributed by atoms with Crippen molar-refractivity contribution >= 4 is 18.1 Å². The van der Waals surface area contributed by atoms with Crippen LogP contribution in [-0.2, 0) is 6.54 Å². The van der Waals surface area contributed by atoms with Crippen LogP contribution in [0.3, 0.4) is 0 Å². The summed E-state index contributed by atoms with van der Waals surface area (Å²) in [5.41, 5.74) is 2.42. The summed E-state index contributed by atoms with van der Waals surface area (Å²) in [5, 5.41) is 0.